The Labute approximate surface area is 115 Å². The molecule has 0 amide bonds. The van der Waals surface area contributed by atoms with Gasteiger partial charge in [0.15, 0.2) is 0 Å². The highest BCUT2D eigenvalue weighted by Crippen LogP contribution is 2.27. The molecule has 0 saturated heterocycles. The van der Waals surface area contributed by atoms with Crippen LogP contribution in [0.15, 0.2) is 30.5 Å². The maximum atomic E-state index is 4.68. The van der Waals surface area contributed by atoms with E-state index in [1.165, 1.54) is 16.3 Å². The Bertz CT molecular complexity index is 551. The molecule has 0 aliphatic rings. The minimum atomic E-state index is 0.492. The molecule has 0 fully saturated rings. The van der Waals surface area contributed by atoms with E-state index in [4.69, 9.17) is 0 Å². The van der Waals surface area contributed by atoms with Crippen LogP contribution in [0, 0.1) is 0 Å². The summed E-state index contributed by atoms with van der Waals surface area (Å²) in [7, 11) is 4.09. The first kappa shape index (κ1) is 13.8. The van der Waals surface area contributed by atoms with E-state index < -0.39 is 0 Å². The second-order valence-electron chi connectivity index (χ2n) is 5.05. The number of hydrogen-bond donors (Lipinski definition) is 1. The normalized spacial score (nSPS) is 12.6. The third kappa shape index (κ3) is 2.71. The van der Waals surface area contributed by atoms with Crippen LogP contribution in [-0.2, 0) is 6.54 Å². The van der Waals surface area contributed by atoms with Gasteiger partial charge in [-0.1, -0.05) is 31.2 Å². The zero-order valence-corrected chi connectivity index (χ0v) is 12.3. The second kappa shape index (κ2) is 6.02. The average molecular weight is 257 g/mol. The van der Waals surface area contributed by atoms with Crippen LogP contribution in [0.1, 0.15) is 25.8 Å². The quantitative estimate of drug-likeness (QED) is 0.891. The van der Waals surface area contributed by atoms with E-state index in [2.05, 4.69) is 60.4 Å². The lowest BCUT2D eigenvalue weighted by Gasteiger charge is -2.26. The molecule has 0 aliphatic carbocycles. The molecule has 1 heterocycles. The van der Waals surface area contributed by atoms with Crippen LogP contribution >= 0.6 is 0 Å². The molecule has 1 aromatic carbocycles. The molecule has 3 nitrogen and oxygen atoms in total. The predicted octanol–water partition coefficient (Wildman–Crippen LogP) is 3.19. The van der Waals surface area contributed by atoms with E-state index in [1.807, 2.05) is 13.2 Å². The lowest BCUT2D eigenvalue weighted by molar-refractivity contribution is 0.658. The topological polar surface area (TPSA) is 28.2 Å². The highest BCUT2D eigenvalue weighted by atomic mass is 15.2. The molecule has 1 atom stereocenters. The summed E-state index contributed by atoms with van der Waals surface area (Å²) in [5.41, 5.74) is 1.25. The maximum Gasteiger partial charge on any atom is 0.136 e. The summed E-state index contributed by atoms with van der Waals surface area (Å²) in [6, 6.07) is 9.01. The van der Waals surface area contributed by atoms with Crippen LogP contribution in [-0.4, -0.2) is 25.1 Å². The van der Waals surface area contributed by atoms with E-state index in [1.54, 1.807) is 0 Å². The molecule has 0 spiro atoms. The summed E-state index contributed by atoms with van der Waals surface area (Å²) < 4.78 is 0. The Kier molecular flexibility index (Phi) is 4.38. The van der Waals surface area contributed by atoms with Gasteiger partial charge in [0.1, 0.15) is 5.82 Å². The van der Waals surface area contributed by atoms with Crippen molar-refractivity contribution in [3.63, 3.8) is 0 Å². The minimum Gasteiger partial charge on any atom is -0.356 e. The number of rotatable bonds is 5. The fourth-order valence-corrected chi connectivity index (χ4v) is 2.33. The molecule has 1 unspecified atom stereocenters. The zero-order chi connectivity index (χ0) is 13.8. The Hall–Kier alpha value is -1.61. The van der Waals surface area contributed by atoms with Gasteiger partial charge in [-0.15, -0.1) is 0 Å². The van der Waals surface area contributed by atoms with Crippen molar-refractivity contribution in [3.05, 3.63) is 36.0 Å². The first-order valence-electron chi connectivity index (χ1n) is 6.93. The summed E-state index contributed by atoms with van der Waals surface area (Å²) in [5.74, 6) is 1.07. The SMILES string of the molecule is CCC(C)N(C)c1ncc(CNC)c2ccccc12. The molecule has 0 aliphatic heterocycles. The van der Waals surface area contributed by atoms with Gasteiger partial charge in [0, 0.05) is 31.2 Å². The number of nitrogens with zero attached hydrogens (tertiary/aromatic N) is 2. The molecule has 2 aromatic rings. The average Bonchev–Trinajstić information content (AvgIpc) is 2.46. The van der Waals surface area contributed by atoms with Gasteiger partial charge in [-0.05, 0) is 31.3 Å². The molecule has 0 radical (unpaired) electrons. The molecule has 0 bridgehead atoms. The number of benzene rings is 1. The molecule has 2 rings (SSSR count). The van der Waals surface area contributed by atoms with Crippen molar-refractivity contribution in [2.24, 2.45) is 0 Å². The molecule has 102 valence electrons. The van der Waals surface area contributed by atoms with Gasteiger partial charge >= 0.3 is 0 Å². The Morgan fingerprint density at radius 1 is 1.26 bits per heavy atom. The second-order valence-corrected chi connectivity index (χ2v) is 5.05. The Balaban J connectivity index is 2.55. The van der Waals surface area contributed by atoms with Crippen molar-refractivity contribution >= 4 is 16.6 Å². The van der Waals surface area contributed by atoms with Gasteiger partial charge < -0.3 is 10.2 Å². The van der Waals surface area contributed by atoms with Gasteiger partial charge in [0.25, 0.3) is 0 Å². The zero-order valence-electron chi connectivity index (χ0n) is 12.3. The number of nitrogens with one attached hydrogen (secondary N) is 1. The van der Waals surface area contributed by atoms with Crippen molar-refractivity contribution in [2.45, 2.75) is 32.9 Å². The number of hydrogen-bond acceptors (Lipinski definition) is 3. The van der Waals surface area contributed by atoms with Gasteiger partial charge in [-0.2, -0.15) is 0 Å². The van der Waals surface area contributed by atoms with E-state index in [-0.39, 0.29) is 0 Å². The van der Waals surface area contributed by atoms with Crippen LogP contribution in [0.2, 0.25) is 0 Å². The predicted molar refractivity (Wildman–Crippen MR) is 82.7 cm³/mol. The molecule has 1 aromatic heterocycles. The summed E-state index contributed by atoms with van der Waals surface area (Å²) in [4.78, 5) is 6.95. The maximum absolute atomic E-state index is 4.68. The summed E-state index contributed by atoms with van der Waals surface area (Å²) >= 11 is 0. The van der Waals surface area contributed by atoms with Crippen molar-refractivity contribution in [1.29, 1.82) is 0 Å². The fraction of sp³-hybridized carbons (Fsp3) is 0.438. The van der Waals surface area contributed by atoms with Gasteiger partial charge in [0.2, 0.25) is 0 Å². The Morgan fingerprint density at radius 2 is 1.95 bits per heavy atom. The van der Waals surface area contributed by atoms with Gasteiger partial charge in [-0.25, -0.2) is 4.98 Å². The largest absolute Gasteiger partial charge is 0.356 e. The first-order valence-corrected chi connectivity index (χ1v) is 6.93. The van der Waals surface area contributed by atoms with Crippen molar-refractivity contribution in [1.82, 2.24) is 10.3 Å². The molecule has 19 heavy (non-hydrogen) atoms. The smallest absolute Gasteiger partial charge is 0.136 e. The van der Waals surface area contributed by atoms with Crippen molar-refractivity contribution in [3.8, 4) is 0 Å². The molecule has 3 heteroatoms. The summed E-state index contributed by atoms with van der Waals surface area (Å²) in [6.07, 6.45) is 3.11. The van der Waals surface area contributed by atoms with E-state index in [9.17, 15) is 0 Å². The van der Waals surface area contributed by atoms with Gasteiger partial charge in [-0.3, -0.25) is 0 Å². The molecule has 1 N–H and O–H groups in total. The lowest BCUT2D eigenvalue weighted by atomic mass is 10.1. The van der Waals surface area contributed by atoms with Crippen molar-refractivity contribution < 1.29 is 0 Å². The van der Waals surface area contributed by atoms with Crippen LogP contribution in [0.5, 0.6) is 0 Å². The Morgan fingerprint density at radius 3 is 2.58 bits per heavy atom. The van der Waals surface area contributed by atoms with Crippen LogP contribution < -0.4 is 10.2 Å². The standard InChI is InChI=1S/C16H23N3/c1-5-12(2)19(4)16-15-9-7-6-8-14(15)13(10-17-3)11-18-16/h6-9,11-12,17H,5,10H2,1-4H3. The highest BCUT2D eigenvalue weighted by molar-refractivity contribution is 5.94. The van der Waals surface area contributed by atoms with E-state index in [0.717, 1.165) is 18.8 Å². The summed E-state index contributed by atoms with van der Waals surface area (Å²) in [5, 5.41) is 5.73. The minimum absolute atomic E-state index is 0.492. The lowest BCUT2D eigenvalue weighted by Crippen LogP contribution is -2.29. The van der Waals surface area contributed by atoms with E-state index >= 15 is 0 Å². The van der Waals surface area contributed by atoms with Crippen LogP contribution in [0.25, 0.3) is 10.8 Å². The number of anilines is 1. The molecular weight excluding hydrogens is 234 g/mol. The summed E-state index contributed by atoms with van der Waals surface area (Å²) in [6.45, 7) is 5.29. The number of fused-ring (bicyclic) bond motifs is 1. The van der Waals surface area contributed by atoms with E-state index in [0.29, 0.717) is 6.04 Å². The first-order chi connectivity index (χ1) is 9.19. The monoisotopic (exact) mass is 257 g/mol. The third-order valence-electron chi connectivity index (χ3n) is 3.81. The fourth-order valence-electron chi connectivity index (χ4n) is 2.33. The van der Waals surface area contributed by atoms with Gasteiger partial charge in [0.05, 0.1) is 0 Å². The number of aromatic nitrogens is 1. The van der Waals surface area contributed by atoms with Crippen LogP contribution in [0.4, 0.5) is 5.82 Å². The molecular formula is C16H23N3. The highest BCUT2D eigenvalue weighted by Gasteiger charge is 2.14. The van der Waals surface area contributed by atoms with Crippen LogP contribution in [0.3, 0.4) is 0 Å². The molecule has 0 saturated carbocycles. The third-order valence-corrected chi connectivity index (χ3v) is 3.81. The number of pyridine rings is 1. The van der Waals surface area contributed by atoms with Crippen molar-refractivity contribution in [2.75, 3.05) is 19.0 Å².